The lowest BCUT2D eigenvalue weighted by atomic mass is 9.66. The average molecular weight is 805 g/mol. The van der Waals surface area contributed by atoms with E-state index in [2.05, 4.69) is 188 Å². The number of furan rings is 1. The van der Waals surface area contributed by atoms with Gasteiger partial charge in [-0.1, -0.05) is 194 Å². The summed E-state index contributed by atoms with van der Waals surface area (Å²) in [5.41, 5.74) is 17.8. The fourth-order valence-corrected chi connectivity index (χ4v) is 10.1. The van der Waals surface area contributed by atoms with E-state index in [1.807, 2.05) is 30.3 Å². The lowest BCUT2D eigenvalue weighted by Crippen LogP contribution is -2.32. The van der Waals surface area contributed by atoms with Gasteiger partial charge >= 0.3 is 0 Å². The highest BCUT2D eigenvalue weighted by Gasteiger charge is 2.50. The summed E-state index contributed by atoms with van der Waals surface area (Å²) in [5, 5.41) is 2.24. The van der Waals surface area contributed by atoms with E-state index in [0.29, 0.717) is 5.82 Å². The van der Waals surface area contributed by atoms with Crippen molar-refractivity contribution >= 4 is 21.9 Å². The monoisotopic (exact) mass is 804 g/mol. The molecule has 0 saturated heterocycles. The molecule has 2 aromatic heterocycles. The van der Waals surface area contributed by atoms with Crippen molar-refractivity contribution in [3.05, 3.63) is 241 Å². The van der Waals surface area contributed by atoms with Gasteiger partial charge in [-0.2, -0.15) is 0 Å². The smallest absolute Gasteiger partial charge is 0.160 e. The molecule has 1 aliphatic carbocycles. The quantitative estimate of drug-likeness (QED) is 0.174. The second kappa shape index (κ2) is 13.8. The Morgan fingerprint density at radius 2 is 0.873 bits per heavy atom. The predicted octanol–water partition coefficient (Wildman–Crippen LogP) is 15.2. The molecule has 9 aromatic carbocycles. The number of hydrogen-bond donors (Lipinski definition) is 0. The number of para-hydroxylation sites is 3. The molecule has 4 heteroatoms. The van der Waals surface area contributed by atoms with Crippen LogP contribution in [0.2, 0.25) is 0 Å². The van der Waals surface area contributed by atoms with Crippen molar-refractivity contribution < 1.29 is 9.15 Å². The second-order valence-electron chi connectivity index (χ2n) is 16.4. The van der Waals surface area contributed by atoms with Crippen LogP contribution in [0.15, 0.2) is 223 Å². The average Bonchev–Trinajstić information content (AvgIpc) is 3.88. The first-order chi connectivity index (χ1) is 31.2. The van der Waals surface area contributed by atoms with Crippen molar-refractivity contribution in [3.8, 4) is 78.8 Å². The third-order valence-corrected chi connectivity index (χ3v) is 13.0. The van der Waals surface area contributed by atoms with Gasteiger partial charge < -0.3 is 9.15 Å². The van der Waals surface area contributed by atoms with Crippen LogP contribution in [0.4, 0.5) is 0 Å². The molecular formula is C59H36N2O2. The van der Waals surface area contributed by atoms with Gasteiger partial charge in [-0.25, -0.2) is 9.97 Å². The lowest BCUT2D eigenvalue weighted by Gasteiger charge is -2.39. The molecule has 0 saturated carbocycles. The molecule has 63 heavy (non-hydrogen) atoms. The topological polar surface area (TPSA) is 48.2 Å². The lowest BCUT2D eigenvalue weighted by molar-refractivity contribution is 0.436. The molecule has 0 N–H and O–H groups in total. The van der Waals surface area contributed by atoms with Gasteiger partial charge in [-0.05, 0) is 63.2 Å². The molecule has 294 valence electrons. The molecule has 1 aliphatic heterocycles. The Morgan fingerprint density at radius 3 is 1.60 bits per heavy atom. The van der Waals surface area contributed by atoms with E-state index in [1.54, 1.807) is 0 Å². The van der Waals surface area contributed by atoms with Crippen molar-refractivity contribution in [2.45, 2.75) is 5.41 Å². The zero-order chi connectivity index (χ0) is 41.5. The molecule has 1 spiro atoms. The van der Waals surface area contributed by atoms with Crippen LogP contribution in [0.5, 0.6) is 11.5 Å². The van der Waals surface area contributed by atoms with E-state index >= 15 is 0 Å². The molecule has 0 bridgehead atoms. The van der Waals surface area contributed by atoms with Gasteiger partial charge in [-0.15, -0.1) is 0 Å². The number of fused-ring (bicyclic) bond motifs is 12. The van der Waals surface area contributed by atoms with Crippen LogP contribution in [-0.2, 0) is 5.41 Å². The first-order valence-corrected chi connectivity index (χ1v) is 21.4. The number of nitrogens with zero attached hydrogens (tertiary/aromatic N) is 2. The number of ether oxygens (including phenoxy) is 1. The molecule has 3 heterocycles. The normalized spacial score (nSPS) is 13.0. The van der Waals surface area contributed by atoms with Crippen LogP contribution < -0.4 is 4.74 Å². The first kappa shape index (κ1) is 35.4. The highest BCUT2D eigenvalue weighted by molar-refractivity contribution is 6.09. The van der Waals surface area contributed by atoms with E-state index < -0.39 is 5.41 Å². The van der Waals surface area contributed by atoms with Crippen LogP contribution in [0.3, 0.4) is 0 Å². The minimum atomic E-state index is -0.482. The third kappa shape index (κ3) is 5.41. The van der Waals surface area contributed by atoms with E-state index in [4.69, 9.17) is 19.1 Å². The Balaban J connectivity index is 0.872. The molecule has 0 fully saturated rings. The largest absolute Gasteiger partial charge is 0.457 e. The van der Waals surface area contributed by atoms with E-state index in [1.165, 1.54) is 27.8 Å². The maximum atomic E-state index is 6.80. The van der Waals surface area contributed by atoms with Crippen molar-refractivity contribution in [1.29, 1.82) is 0 Å². The summed E-state index contributed by atoms with van der Waals surface area (Å²) in [4.78, 5) is 10.3. The molecule has 0 atom stereocenters. The van der Waals surface area contributed by atoms with Crippen LogP contribution >= 0.6 is 0 Å². The Morgan fingerprint density at radius 1 is 0.333 bits per heavy atom. The fourth-order valence-electron chi connectivity index (χ4n) is 10.1. The molecule has 0 radical (unpaired) electrons. The van der Waals surface area contributed by atoms with E-state index in [0.717, 1.165) is 89.3 Å². The Bertz CT molecular complexity index is 3540. The summed E-state index contributed by atoms with van der Waals surface area (Å²) in [6.45, 7) is 0. The standard InChI is InChI=1S/C59H36N2O2/c1-2-13-41(14-3-1)58-60-52(36-53(61-58)40-31-27-38(28-32-40)43-18-12-19-47-46-17-6-10-23-54(46)63-57(43)47)39-29-25-37(26-30-39)42-33-34-51-56(35-42)62-55-24-11-9-22-50(55)59(51)48-20-7-4-15-44(48)45-16-5-8-21-49(45)59/h1-36H. The van der Waals surface area contributed by atoms with Crippen molar-refractivity contribution in [2.75, 3.05) is 0 Å². The van der Waals surface area contributed by atoms with Crippen molar-refractivity contribution in [1.82, 2.24) is 9.97 Å². The summed E-state index contributed by atoms with van der Waals surface area (Å²) in [6, 6.07) is 77.1. The third-order valence-electron chi connectivity index (χ3n) is 13.0. The van der Waals surface area contributed by atoms with E-state index in [-0.39, 0.29) is 0 Å². The number of benzene rings is 9. The minimum absolute atomic E-state index is 0.482. The second-order valence-corrected chi connectivity index (χ2v) is 16.4. The molecule has 11 aromatic rings. The highest BCUT2D eigenvalue weighted by atomic mass is 16.5. The van der Waals surface area contributed by atoms with Crippen molar-refractivity contribution in [3.63, 3.8) is 0 Å². The summed E-state index contributed by atoms with van der Waals surface area (Å²) in [6.07, 6.45) is 0. The van der Waals surface area contributed by atoms with Gasteiger partial charge in [0, 0.05) is 44.2 Å². The molecule has 13 rings (SSSR count). The Hall–Kier alpha value is -8.34. The van der Waals surface area contributed by atoms with Crippen LogP contribution in [-0.4, -0.2) is 9.97 Å². The van der Waals surface area contributed by atoms with Crippen LogP contribution in [0.25, 0.3) is 89.2 Å². The van der Waals surface area contributed by atoms with Gasteiger partial charge in [-0.3, -0.25) is 0 Å². The van der Waals surface area contributed by atoms with Gasteiger partial charge in [0.2, 0.25) is 0 Å². The fraction of sp³-hybridized carbons (Fsp3) is 0.0169. The summed E-state index contributed by atoms with van der Waals surface area (Å²) in [7, 11) is 0. The summed E-state index contributed by atoms with van der Waals surface area (Å²) >= 11 is 0. The van der Waals surface area contributed by atoms with Crippen LogP contribution in [0.1, 0.15) is 22.3 Å². The molecule has 0 amide bonds. The zero-order valence-electron chi connectivity index (χ0n) is 34.0. The maximum Gasteiger partial charge on any atom is 0.160 e. The first-order valence-electron chi connectivity index (χ1n) is 21.4. The molecule has 4 nitrogen and oxygen atoms in total. The Kier molecular flexibility index (Phi) is 7.79. The predicted molar refractivity (Wildman–Crippen MR) is 254 cm³/mol. The van der Waals surface area contributed by atoms with Gasteiger partial charge in [0.05, 0.1) is 16.8 Å². The molecule has 2 aliphatic rings. The zero-order valence-corrected chi connectivity index (χ0v) is 34.0. The SMILES string of the molecule is c1ccc(-c2nc(-c3ccc(-c4ccc5c(c4)Oc4ccccc4C54c5ccccc5-c5ccccc54)cc3)cc(-c3ccc(-c4cccc5c4oc4ccccc45)cc3)n2)cc1. The van der Waals surface area contributed by atoms with Gasteiger partial charge in [0.25, 0.3) is 0 Å². The Labute approximate surface area is 364 Å². The molecule has 0 unspecified atom stereocenters. The highest BCUT2D eigenvalue weighted by Crippen LogP contribution is 2.62. The summed E-state index contributed by atoms with van der Waals surface area (Å²) in [5.74, 6) is 2.44. The van der Waals surface area contributed by atoms with Gasteiger partial charge in [0.15, 0.2) is 5.82 Å². The van der Waals surface area contributed by atoms with Crippen LogP contribution in [0, 0.1) is 0 Å². The summed E-state index contributed by atoms with van der Waals surface area (Å²) < 4.78 is 13.2. The van der Waals surface area contributed by atoms with E-state index in [9.17, 15) is 0 Å². The molecular weight excluding hydrogens is 769 g/mol. The number of aromatic nitrogens is 2. The number of rotatable bonds is 5. The maximum absolute atomic E-state index is 6.80. The minimum Gasteiger partial charge on any atom is -0.457 e. The number of hydrogen-bond acceptors (Lipinski definition) is 4. The van der Waals surface area contributed by atoms with Gasteiger partial charge in [0.1, 0.15) is 22.7 Å². The van der Waals surface area contributed by atoms with Crippen molar-refractivity contribution in [2.24, 2.45) is 0 Å².